The summed E-state index contributed by atoms with van der Waals surface area (Å²) >= 11 is 6.30. The Bertz CT molecular complexity index is 537. The van der Waals surface area contributed by atoms with Gasteiger partial charge in [-0.2, -0.15) is 0 Å². The third kappa shape index (κ3) is 2.25. The van der Waals surface area contributed by atoms with Crippen molar-refractivity contribution < 1.29 is 19.4 Å². The average Bonchev–Trinajstić information content (AvgIpc) is 3.09. The van der Waals surface area contributed by atoms with Gasteiger partial charge in [0.05, 0.1) is 11.4 Å². The monoisotopic (exact) mass is 282 g/mol. The molecule has 1 aromatic rings. The summed E-state index contributed by atoms with van der Waals surface area (Å²) < 4.78 is 10.7. The highest BCUT2D eigenvalue weighted by Crippen LogP contribution is 2.50. The number of carboxylic acid groups (broad SMARTS) is 1. The van der Waals surface area contributed by atoms with E-state index in [1.54, 1.807) is 0 Å². The smallest absolute Gasteiger partial charge is 0.303 e. The van der Waals surface area contributed by atoms with Crippen molar-refractivity contribution in [1.29, 1.82) is 0 Å². The summed E-state index contributed by atoms with van der Waals surface area (Å²) in [7, 11) is 0. The zero-order valence-electron chi connectivity index (χ0n) is 10.6. The molecular weight excluding hydrogens is 268 g/mol. The molecule has 0 amide bonds. The minimum Gasteiger partial charge on any atom is -0.481 e. The second kappa shape index (κ2) is 4.60. The van der Waals surface area contributed by atoms with Crippen LogP contribution >= 0.6 is 11.6 Å². The number of hydrogen-bond donors (Lipinski definition) is 1. The number of fused-ring (bicyclic) bond motifs is 1. The van der Waals surface area contributed by atoms with E-state index in [4.69, 9.17) is 26.2 Å². The average molecular weight is 283 g/mol. The number of rotatable bonds is 4. The van der Waals surface area contributed by atoms with Gasteiger partial charge < -0.3 is 14.6 Å². The van der Waals surface area contributed by atoms with Crippen molar-refractivity contribution in [1.82, 2.24) is 0 Å². The first-order valence-corrected chi connectivity index (χ1v) is 6.76. The summed E-state index contributed by atoms with van der Waals surface area (Å²) in [5.41, 5.74) is 1.89. The van der Waals surface area contributed by atoms with Gasteiger partial charge in [-0.15, -0.1) is 0 Å². The van der Waals surface area contributed by atoms with Gasteiger partial charge in [0.15, 0.2) is 11.5 Å². The molecule has 1 aliphatic carbocycles. The van der Waals surface area contributed by atoms with Crippen LogP contribution < -0.4 is 9.47 Å². The molecule has 0 spiro atoms. The van der Waals surface area contributed by atoms with Crippen LogP contribution in [0.5, 0.6) is 11.5 Å². The predicted molar refractivity (Wildman–Crippen MR) is 70.0 cm³/mol. The van der Waals surface area contributed by atoms with Crippen LogP contribution in [0.4, 0.5) is 0 Å². The van der Waals surface area contributed by atoms with E-state index in [0.717, 1.165) is 24.0 Å². The summed E-state index contributed by atoms with van der Waals surface area (Å²) in [5.74, 6) is 0.898. The molecule has 1 N–H and O–H groups in total. The first kappa shape index (κ1) is 12.6. The molecule has 1 atom stereocenters. The Kier molecular flexibility index (Phi) is 3.05. The van der Waals surface area contributed by atoms with E-state index in [0.29, 0.717) is 22.4 Å². The van der Waals surface area contributed by atoms with Crippen molar-refractivity contribution in [2.45, 2.75) is 32.1 Å². The highest BCUT2D eigenvalue weighted by atomic mass is 35.5. The Morgan fingerprint density at radius 3 is 2.89 bits per heavy atom. The lowest BCUT2D eigenvalue weighted by Crippen LogP contribution is -2.10. The molecule has 0 aromatic heterocycles. The summed E-state index contributed by atoms with van der Waals surface area (Å²) in [5, 5.41) is 9.63. The fraction of sp³-hybridized carbons (Fsp3) is 0.500. The lowest BCUT2D eigenvalue weighted by Gasteiger charge is -2.19. The van der Waals surface area contributed by atoms with E-state index < -0.39 is 5.97 Å². The Morgan fingerprint density at radius 2 is 2.26 bits per heavy atom. The highest BCUT2D eigenvalue weighted by molar-refractivity contribution is 6.33. The third-order valence-corrected chi connectivity index (χ3v) is 4.33. The van der Waals surface area contributed by atoms with Crippen LogP contribution in [0.15, 0.2) is 6.07 Å². The van der Waals surface area contributed by atoms with Gasteiger partial charge in [0.1, 0.15) is 0 Å². The summed E-state index contributed by atoms with van der Waals surface area (Å²) in [4.78, 5) is 11.1. The normalized spacial score (nSPS) is 18.4. The van der Waals surface area contributed by atoms with E-state index >= 15 is 0 Å². The van der Waals surface area contributed by atoms with Crippen molar-refractivity contribution in [3.05, 3.63) is 22.2 Å². The van der Waals surface area contributed by atoms with E-state index in [1.807, 2.05) is 13.0 Å². The number of hydrogen-bond acceptors (Lipinski definition) is 3. The molecule has 2 aliphatic rings. The van der Waals surface area contributed by atoms with Crippen molar-refractivity contribution in [3.63, 3.8) is 0 Å². The molecule has 1 fully saturated rings. The molecule has 0 saturated heterocycles. The molecule has 1 heterocycles. The van der Waals surface area contributed by atoms with Crippen LogP contribution in [0.3, 0.4) is 0 Å². The van der Waals surface area contributed by atoms with E-state index in [1.165, 1.54) is 0 Å². The lowest BCUT2D eigenvalue weighted by molar-refractivity contribution is -0.137. The predicted octanol–water partition coefficient (Wildman–Crippen LogP) is 3.35. The van der Waals surface area contributed by atoms with Gasteiger partial charge in [-0.05, 0) is 48.8 Å². The number of benzene rings is 1. The van der Waals surface area contributed by atoms with Gasteiger partial charge >= 0.3 is 5.97 Å². The lowest BCUT2D eigenvalue weighted by atomic mass is 9.87. The van der Waals surface area contributed by atoms with Crippen LogP contribution in [-0.4, -0.2) is 17.9 Å². The zero-order chi connectivity index (χ0) is 13.6. The first-order valence-electron chi connectivity index (χ1n) is 6.38. The van der Waals surface area contributed by atoms with Crippen molar-refractivity contribution in [3.8, 4) is 11.5 Å². The maximum Gasteiger partial charge on any atom is 0.303 e. The number of ether oxygens (including phenoxy) is 2. The molecule has 0 bridgehead atoms. The molecule has 5 heteroatoms. The van der Waals surface area contributed by atoms with Gasteiger partial charge in [-0.3, -0.25) is 4.79 Å². The van der Waals surface area contributed by atoms with Crippen LogP contribution in [-0.2, 0) is 4.79 Å². The topological polar surface area (TPSA) is 55.8 Å². The van der Waals surface area contributed by atoms with Crippen LogP contribution in [0.25, 0.3) is 0 Å². The van der Waals surface area contributed by atoms with Gasteiger partial charge in [0.2, 0.25) is 6.79 Å². The molecule has 4 nitrogen and oxygen atoms in total. The largest absolute Gasteiger partial charge is 0.481 e. The van der Waals surface area contributed by atoms with E-state index in [-0.39, 0.29) is 19.1 Å². The Hall–Kier alpha value is -1.42. The summed E-state index contributed by atoms with van der Waals surface area (Å²) in [6.45, 7) is 2.09. The van der Waals surface area contributed by atoms with Gasteiger partial charge in [-0.1, -0.05) is 11.6 Å². The maximum atomic E-state index is 11.1. The molecule has 3 rings (SSSR count). The molecule has 1 saturated carbocycles. The van der Waals surface area contributed by atoms with Gasteiger partial charge in [0.25, 0.3) is 0 Å². The Morgan fingerprint density at radius 1 is 1.53 bits per heavy atom. The van der Waals surface area contributed by atoms with Gasteiger partial charge in [0, 0.05) is 0 Å². The van der Waals surface area contributed by atoms with E-state index in [9.17, 15) is 4.79 Å². The first-order chi connectivity index (χ1) is 9.08. The molecule has 0 radical (unpaired) electrons. The molecule has 1 unspecified atom stereocenters. The minimum atomic E-state index is -0.773. The standard InChI is InChI=1S/C14H15ClO4/c1-7-9(10(5-12(16)17)8-2-3-8)4-11-14(13(7)15)19-6-18-11/h4,8,10H,2-3,5-6H2,1H3,(H,16,17). The van der Waals surface area contributed by atoms with Crippen molar-refractivity contribution >= 4 is 17.6 Å². The third-order valence-electron chi connectivity index (χ3n) is 3.87. The molecular formula is C14H15ClO4. The fourth-order valence-electron chi connectivity index (χ4n) is 2.72. The minimum absolute atomic E-state index is 0.0181. The maximum absolute atomic E-state index is 11.1. The SMILES string of the molecule is Cc1c(C(CC(=O)O)C2CC2)cc2c(c1Cl)OCO2. The van der Waals surface area contributed by atoms with Crippen molar-refractivity contribution in [2.24, 2.45) is 5.92 Å². The highest BCUT2D eigenvalue weighted by Gasteiger charge is 2.36. The van der Waals surface area contributed by atoms with E-state index in [2.05, 4.69) is 0 Å². The molecule has 102 valence electrons. The molecule has 1 aliphatic heterocycles. The van der Waals surface area contributed by atoms with Crippen LogP contribution in [0, 0.1) is 12.8 Å². The summed E-state index contributed by atoms with van der Waals surface area (Å²) in [6, 6.07) is 1.90. The quantitative estimate of drug-likeness (QED) is 0.920. The number of carboxylic acids is 1. The number of halogens is 1. The zero-order valence-corrected chi connectivity index (χ0v) is 11.4. The molecule has 1 aromatic carbocycles. The number of carbonyl (C=O) groups is 1. The van der Waals surface area contributed by atoms with Crippen LogP contribution in [0.1, 0.15) is 36.3 Å². The van der Waals surface area contributed by atoms with Crippen molar-refractivity contribution in [2.75, 3.05) is 6.79 Å². The Labute approximate surface area is 116 Å². The Balaban J connectivity index is 2.03. The van der Waals surface area contributed by atoms with Gasteiger partial charge in [-0.25, -0.2) is 0 Å². The second-order valence-electron chi connectivity index (χ2n) is 5.18. The van der Waals surface area contributed by atoms with Crippen LogP contribution in [0.2, 0.25) is 5.02 Å². The summed E-state index contributed by atoms with van der Waals surface area (Å²) in [6.07, 6.45) is 2.31. The second-order valence-corrected chi connectivity index (χ2v) is 5.56. The molecule has 19 heavy (non-hydrogen) atoms. The number of aliphatic carboxylic acids is 1. The fourth-order valence-corrected chi connectivity index (χ4v) is 2.97.